The van der Waals surface area contributed by atoms with E-state index in [1.807, 2.05) is 0 Å². The maximum Gasteiger partial charge on any atom is 0.340 e. The molecule has 2 rings (SSSR count). The zero-order chi connectivity index (χ0) is 15.6. The van der Waals surface area contributed by atoms with Gasteiger partial charge in [0, 0.05) is 17.7 Å². The molecule has 1 aromatic heterocycles. The number of nitro benzene ring substituents is 1. The highest BCUT2D eigenvalue weighted by molar-refractivity contribution is 7.11. The minimum Gasteiger partial charge on any atom is -0.478 e. The molecule has 0 aliphatic heterocycles. The Morgan fingerprint density at radius 3 is 2.76 bits per heavy atom. The van der Waals surface area contributed by atoms with E-state index in [9.17, 15) is 19.7 Å². The summed E-state index contributed by atoms with van der Waals surface area (Å²) in [5.74, 6) is -1.83. The third-order valence-corrected chi connectivity index (χ3v) is 3.48. The number of non-ortho nitro benzene ring substituents is 1. The van der Waals surface area contributed by atoms with Crippen molar-refractivity contribution < 1.29 is 19.6 Å². The molecule has 9 heteroatoms. The summed E-state index contributed by atoms with van der Waals surface area (Å²) in [5, 5.41) is 22.2. The van der Waals surface area contributed by atoms with E-state index in [1.54, 1.807) is 0 Å². The van der Waals surface area contributed by atoms with E-state index >= 15 is 0 Å². The first-order valence-corrected chi connectivity index (χ1v) is 6.43. The predicted molar refractivity (Wildman–Crippen MR) is 74.9 cm³/mol. The molecule has 0 radical (unpaired) electrons. The van der Waals surface area contributed by atoms with Gasteiger partial charge in [-0.2, -0.15) is 4.37 Å². The second-order valence-corrected chi connectivity index (χ2v) is 4.81. The zero-order valence-corrected chi connectivity index (χ0v) is 11.5. The summed E-state index contributed by atoms with van der Waals surface area (Å²) in [5.41, 5.74) is 0.0498. The molecule has 2 aromatic rings. The van der Waals surface area contributed by atoms with Crippen LogP contribution in [0.2, 0.25) is 0 Å². The van der Waals surface area contributed by atoms with Crippen molar-refractivity contribution in [1.82, 2.24) is 4.37 Å². The van der Waals surface area contributed by atoms with Crippen LogP contribution >= 0.6 is 11.5 Å². The summed E-state index contributed by atoms with van der Waals surface area (Å²) in [6.45, 7) is 1.52. The molecule has 0 saturated carbocycles. The number of carbonyl (C=O) groups excluding carboxylic acids is 1. The quantitative estimate of drug-likeness (QED) is 0.660. The SMILES string of the molecule is Cc1nsc(NC(=O)c2cccc([N+](=O)[O-])c2)c1C(=O)O. The van der Waals surface area contributed by atoms with Gasteiger partial charge in [-0.3, -0.25) is 14.9 Å². The Balaban J connectivity index is 2.28. The van der Waals surface area contributed by atoms with Gasteiger partial charge in [0.25, 0.3) is 11.6 Å². The van der Waals surface area contributed by atoms with Gasteiger partial charge < -0.3 is 10.4 Å². The fraction of sp³-hybridized carbons (Fsp3) is 0.0833. The number of benzene rings is 1. The number of amides is 1. The molecule has 1 amide bonds. The summed E-state index contributed by atoms with van der Waals surface area (Å²) in [6, 6.07) is 5.15. The van der Waals surface area contributed by atoms with E-state index in [1.165, 1.54) is 25.1 Å². The maximum absolute atomic E-state index is 12.0. The van der Waals surface area contributed by atoms with Gasteiger partial charge in [-0.25, -0.2) is 4.79 Å². The van der Waals surface area contributed by atoms with Crippen molar-refractivity contribution >= 4 is 34.1 Å². The number of aryl methyl sites for hydroxylation is 1. The van der Waals surface area contributed by atoms with Gasteiger partial charge in [0.15, 0.2) is 0 Å². The number of rotatable bonds is 4. The summed E-state index contributed by atoms with van der Waals surface area (Å²) >= 11 is 0.841. The topological polar surface area (TPSA) is 122 Å². The van der Waals surface area contributed by atoms with Crippen LogP contribution in [0.25, 0.3) is 0 Å². The van der Waals surface area contributed by atoms with Crippen LogP contribution in [0.3, 0.4) is 0 Å². The minimum atomic E-state index is -1.20. The van der Waals surface area contributed by atoms with Crippen molar-refractivity contribution in [2.45, 2.75) is 6.92 Å². The lowest BCUT2D eigenvalue weighted by molar-refractivity contribution is -0.384. The molecule has 1 heterocycles. The Kier molecular flexibility index (Phi) is 3.94. The van der Waals surface area contributed by atoms with Crippen LogP contribution in [-0.2, 0) is 0 Å². The van der Waals surface area contributed by atoms with Crippen molar-refractivity contribution in [3.8, 4) is 0 Å². The van der Waals surface area contributed by atoms with Gasteiger partial charge in [0.2, 0.25) is 0 Å². The zero-order valence-electron chi connectivity index (χ0n) is 10.7. The molecule has 1 aromatic carbocycles. The monoisotopic (exact) mass is 307 g/mol. The van der Waals surface area contributed by atoms with E-state index in [2.05, 4.69) is 9.69 Å². The molecule has 0 unspecified atom stereocenters. The summed E-state index contributed by atoms with van der Waals surface area (Å²) in [4.78, 5) is 33.2. The number of nitrogens with zero attached hydrogens (tertiary/aromatic N) is 2. The maximum atomic E-state index is 12.0. The highest BCUT2D eigenvalue weighted by Gasteiger charge is 2.20. The number of anilines is 1. The third kappa shape index (κ3) is 3.03. The van der Waals surface area contributed by atoms with Crippen LogP contribution in [0, 0.1) is 17.0 Å². The molecule has 0 spiro atoms. The Morgan fingerprint density at radius 2 is 2.14 bits per heavy atom. The number of carboxylic acid groups (broad SMARTS) is 1. The molecule has 8 nitrogen and oxygen atoms in total. The molecule has 0 saturated heterocycles. The Bertz CT molecular complexity index is 740. The fourth-order valence-electron chi connectivity index (χ4n) is 1.64. The number of hydrogen-bond acceptors (Lipinski definition) is 6. The molecule has 0 atom stereocenters. The lowest BCUT2D eigenvalue weighted by Gasteiger charge is -2.03. The Hall–Kier alpha value is -2.81. The van der Waals surface area contributed by atoms with Crippen molar-refractivity contribution in [2.24, 2.45) is 0 Å². The number of carboxylic acids is 1. The van der Waals surface area contributed by atoms with Gasteiger partial charge >= 0.3 is 5.97 Å². The van der Waals surface area contributed by atoms with E-state index in [-0.39, 0.29) is 21.8 Å². The van der Waals surface area contributed by atoms with Crippen LogP contribution in [0.4, 0.5) is 10.7 Å². The van der Waals surface area contributed by atoms with Crippen LogP contribution in [0.15, 0.2) is 24.3 Å². The van der Waals surface area contributed by atoms with Gasteiger partial charge in [-0.05, 0) is 24.5 Å². The van der Waals surface area contributed by atoms with Crippen LogP contribution in [0.1, 0.15) is 26.4 Å². The molecule has 21 heavy (non-hydrogen) atoms. The largest absolute Gasteiger partial charge is 0.478 e. The third-order valence-electron chi connectivity index (χ3n) is 2.62. The smallest absolute Gasteiger partial charge is 0.340 e. The first kappa shape index (κ1) is 14.6. The van der Waals surface area contributed by atoms with Gasteiger partial charge in [-0.15, -0.1) is 0 Å². The highest BCUT2D eigenvalue weighted by atomic mass is 32.1. The lowest BCUT2D eigenvalue weighted by Crippen LogP contribution is -2.13. The number of nitrogens with one attached hydrogen (secondary N) is 1. The van der Waals surface area contributed by atoms with E-state index in [0.29, 0.717) is 5.69 Å². The molecule has 108 valence electrons. The first-order valence-electron chi connectivity index (χ1n) is 5.65. The van der Waals surface area contributed by atoms with E-state index in [4.69, 9.17) is 5.11 Å². The summed E-state index contributed by atoms with van der Waals surface area (Å²) < 4.78 is 3.87. The van der Waals surface area contributed by atoms with Crippen molar-refractivity contribution in [1.29, 1.82) is 0 Å². The number of nitro groups is 1. The molecule has 0 aliphatic carbocycles. The number of hydrogen-bond donors (Lipinski definition) is 2. The summed E-state index contributed by atoms with van der Waals surface area (Å²) in [6.07, 6.45) is 0. The van der Waals surface area contributed by atoms with Crippen LogP contribution < -0.4 is 5.32 Å². The second-order valence-electron chi connectivity index (χ2n) is 4.04. The van der Waals surface area contributed by atoms with E-state index < -0.39 is 16.8 Å². The van der Waals surface area contributed by atoms with Gasteiger partial charge in [-0.1, -0.05) is 6.07 Å². The molecule has 0 aliphatic rings. The van der Waals surface area contributed by atoms with Crippen molar-refractivity contribution in [3.63, 3.8) is 0 Å². The van der Waals surface area contributed by atoms with E-state index in [0.717, 1.165) is 17.6 Å². The Morgan fingerprint density at radius 1 is 1.43 bits per heavy atom. The standard InChI is InChI=1S/C12H9N3O5S/c1-6-9(12(17)18)11(21-14-6)13-10(16)7-3-2-4-8(5-7)15(19)20/h2-5H,1H3,(H,13,16)(H,17,18). The van der Waals surface area contributed by atoms with Crippen molar-refractivity contribution in [3.05, 3.63) is 51.2 Å². The van der Waals surface area contributed by atoms with Crippen LogP contribution in [0.5, 0.6) is 0 Å². The van der Waals surface area contributed by atoms with Gasteiger partial charge in [0.1, 0.15) is 10.6 Å². The average Bonchev–Trinajstić information content (AvgIpc) is 2.79. The normalized spacial score (nSPS) is 10.1. The highest BCUT2D eigenvalue weighted by Crippen LogP contribution is 2.25. The van der Waals surface area contributed by atoms with Crippen molar-refractivity contribution in [2.75, 3.05) is 5.32 Å². The number of carbonyl (C=O) groups is 2. The molecule has 0 fully saturated rings. The van der Waals surface area contributed by atoms with Gasteiger partial charge in [0.05, 0.1) is 10.6 Å². The molecule has 2 N–H and O–H groups in total. The average molecular weight is 307 g/mol. The summed E-state index contributed by atoms with van der Waals surface area (Å²) in [7, 11) is 0. The second kappa shape index (κ2) is 5.67. The fourth-order valence-corrected chi connectivity index (χ4v) is 2.43. The molecular formula is C12H9N3O5S. The Labute approximate surface area is 122 Å². The predicted octanol–water partition coefficient (Wildman–Crippen LogP) is 2.31. The first-order chi connectivity index (χ1) is 9.90. The number of aromatic carboxylic acids is 1. The minimum absolute atomic E-state index is 0.0617. The lowest BCUT2D eigenvalue weighted by atomic mass is 10.2. The molecular weight excluding hydrogens is 298 g/mol. The number of aromatic nitrogens is 1. The molecule has 0 bridgehead atoms. The van der Waals surface area contributed by atoms with Crippen LogP contribution in [-0.4, -0.2) is 26.3 Å².